The number of hydrogen-bond donors (Lipinski definition) is 1. The van der Waals surface area contributed by atoms with Gasteiger partial charge in [-0.15, -0.1) is 0 Å². The molecule has 1 N–H and O–H groups in total. The molecule has 0 bridgehead atoms. The molecule has 0 unspecified atom stereocenters. The second-order valence-electron chi connectivity index (χ2n) is 4.81. The molecule has 5 nitrogen and oxygen atoms in total. The Morgan fingerprint density at radius 3 is 2.59 bits per heavy atom. The maximum Gasteiger partial charge on any atom is 0.204 e. The van der Waals surface area contributed by atoms with Gasteiger partial charge in [0.15, 0.2) is 0 Å². The zero-order valence-corrected chi connectivity index (χ0v) is 12.6. The Balaban J connectivity index is 1.87. The van der Waals surface area contributed by atoms with Gasteiger partial charge in [-0.05, 0) is 18.2 Å². The molecule has 1 heterocycles. The lowest BCUT2D eigenvalue weighted by Crippen LogP contribution is -1.99. The fraction of sp³-hybridized carbons (Fsp3) is 0.125. The van der Waals surface area contributed by atoms with Crippen LogP contribution in [0, 0.1) is 0 Å². The standard InChI is InChI=1S/C16H14O5S/c1-20-12-4-2-5-13(8-12)21-9-11-10-22(18,19)16-14(11)6-3-7-15(16)17/h2-8,10,17H,9H2,1H3. The molecule has 3 rings (SSSR count). The maximum atomic E-state index is 12.1. The molecule has 0 saturated heterocycles. The SMILES string of the molecule is COc1cccc(OCC2=CS(=O)(=O)c3c(O)cccc32)c1. The molecule has 2 aromatic rings. The van der Waals surface area contributed by atoms with Gasteiger partial charge in [-0.3, -0.25) is 0 Å². The normalized spacial score (nSPS) is 15.0. The van der Waals surface area contributed by atoms with Gasteiger partial charge in [-0.2, -0.15) is 0 Å². The number of aromatic hydroxyl groups is 1. The molecule has 1 aliphatic rings. The van der Waals surface area contributed by atoms with Crippen LogP contribution in [-0.2, 0) is 9.84 Å². The smallest absolute Gasteiger partial charge is 0.204 e. The van der Waals surface area contributed by atoms with Crippen LogP contribution in [0.5, 0.6) is 17.2 Å². The van der Waals surface area contributed by atoms with E-state index in [0.717, 1.165) is 5.41 Å². The van der Waals surface area contributed by atoms with Gasteiger partial charge in [-0.1, -0.05) is 18.2 Å². The van der Waals surface area contributed by atoms with E-state index in [1.165, 1.54) is 6.07 Å². The van der Waals surface area contributed by atoms with Crippen LogP contribution in [0.3, 0.4) is 0 Å². The van der Waals surface area contributed by atoms with Crippen LogP contribution in [0.4, 0.5) is 0 Å². The first-order chi connectivity index (χ1) is 10.5. The molecular weight excluding hydrogens is 304 g/mol. The molecule has 1 aliphatic heterocycles. The summed E-state index contributed by atoms with van der Waals surface area (Å²) in [7, 11) is -2.06. The summed E-state index contributed by atoms with van der Waals surface area (Å²) in [5.41, 5.74) is 0.983. The summed E-state index contributed by atoms with van der Waals surface area (Å²) in [5, 5.41) is 10.9. The highest BCUT2D eigenvalue weighted by molar-refractivity contribution is 7.95. The predicted octanol–water partition coefficient (Wildman–Crippen LogP) is 2.61. The average molecular weight is 318 g/mol. The monoisotopic (exact) mass is 318 g/mol. The number of phenols is 1. The number of phenolic OH excluding ortho intramolecular Hbond substituents is 1. The largest absolute Gasteiger partial charge is 0.507 e. The van der Waals surface area contributed by atoms with Crippen LogP contribution in [0.15, 0.2) is 52.8 Å². The quantitative estimate of drug-likeness (QED) is 0.938. The molecule has 0 fully saturated rings. The van der Waals surface area contributed by atoms with E-state index in [1.54, 1.807) is 43.5 Å². The van der Waals surface area contributed by atoms with Gasteiger partial charge >= 0.3 is 0 Å². The highest BCUT2D eigenvalue weighted by Gasteiger charge is 2.30. The van der Waals surface area contributed by atoms with Crippen molar-refractivity contribution < 1.29 is 23.0 Å². The molecule has 2 aromatic carbocycles. The number of methoxy groups -OCH3 is 1. The van der Waals surface area contributed by atoms with Crippen LogP contribution < -0.4 is 9.47 Å². The Bertz CT molecular complexity index is 853. The number of fused-ring (bicyclic) bond motifs is 1. The number of sulfone groups is 1. The summed E-state index contributed by atoms with van der Waals surface area (Å²) in [6, 6.07) is 11.7. The van der Waals surface area contributed by atoms with Crippen molar-refractivity contribution in [2.24, 2.45) is 0 Å². The van der Waals surface area contributed by atoms with Crippen molar-refractivity contribution in [3.05, 3.63) is 53.4 Å². The third-order valence-corrected chi connectivity index (χ3v) is 4.95. The Morgan fingerprint density at radius 2 is 1.82 bits per heavy atom. The first kappa shape index (κ1) is 14.5. The molecule has 22 heavy (non-hydrogen) atoms. The Hall–Kier alpha value is -2.47. The minimum atomic E-state index is -3.62. The van der Waals surface area contributed by atoms with E-state index in [9.17, 15) is 13.5 Å². The number of hydrogen-bond acceptors (Lipinski definition) is 5. The molecule has 0 aliphatic carbocycles. The third-order valence-electron chi connectivity index (χ3n) is 3.36. The summed E-state index contributed by atoms with van der Waals surface area (Å²) < 4.78 is 34.9. The summed E-state index contributed by atoms with van der Waals surface area (Å²) >= 11 is 0. The van der Waals surface area contributed by atoms with Gasteiger partial charge in [0, 0.05) is 22.6 Å². The molecule has 0 atom stereocenters. The lowest BCUT2D eigenvalue weighted by Gasteiger charge is -2.09. The lowest BCUT2D eigenvalue weighted by atomic mass is 10.1. The molecule has 0 spiro atoms. The lowest BCUT2D eigenvalue weighted by molar-refractivity contribution is 0.363. The van der Waals surface area contributed by atoms with Crippen LogP contribution in [-0.4, -0.2) is 27.2 Å². The topological polar surface area (TPSA) is 72.8 Å². The van der Waals surface area contributed by atoms with E-state index >= 15 is 0 Å². The molecule has 114 valence electrons. The van der Waals surface area contributed by atoms with Crippen molar-refractivity contribution in [1.29, 1.82) is 0 Å². The molecular formula is C16H14O5S. The van der Waals surface area contributed by atoms with Gasteiger partial charge in [0.05, 0.1) is 7.11 Å². The number of rotatable bonds is 4. The van der Waals surface area contributed by atoms with E-state index in [0.29, 0.717) is 22.6 Å². The molecule has 0 aromatic heterocycles. The van der Waals surface area contributed by atoms with Crippen LogP contribution in [0.25, 0.3) is 5.57 Å². The minimum Gasteiger partial charge on any atom is -0.507 e. The second kappa shape index (κ2) is 5.38. The van der Waals surface area contributed by atoms with Crippen molar-refractivity contribution in [1.82, 2.24) is 0 Å². The van der Waals surface area contributed by atoms with E-state index in [4.69, 9.17) is 9.47 Å². The molecule has 6 heteroatoms. The number of ether oxygens (including phenoxy) is 2. The van der Waals surface area contributed by atoms with Crippen molar-refractivity contribution in [3.8, 4) is 17.2 Å². The predicted molar refractivity (Wildman–Crippen MR) is 81.8 cm³/mol. The molecule has 0 saturated carbocycles. The fourth-order valence-corrected chi connectivity index (χ4v) is 3.90. The number of benzene rings is 2. The maximum absolute atomic E-state index is 12.1. The van der Waals surface area contributed by atoms with Crippen molar-refractivity contribution >= 4 is 15.4 Å². The first-order valence-electron chi connectivity index (χ1n) is 6.56. The van der Waals surface area contributed by atoms with Crippen molar-refractivity contribution in [2.45, 2.75) is 4.90 Å². The summed E-state index contributed by atoms with van der Waals surface area (Å²) in [6.45, 7) is 0.0862. The van der Waals surface area contributed by atoms with Gasteiger partial charge in [0.25, 0.3) is 0 Å². The highest BCUT2D eigenvalue weighted by atomic mass is 32.2. The Morgan fingerprint density at radius 1 is 1.09 bits per heavy atom. The van der Waals surface area contributed by atoms with E-state index < -0.39 is 9.84 Å². The van der Waals surface area contributed by atoms with E-state index in [-0.39, 0.29) is 17.3 Å². The second-order valence-corrected chi connectivity index (χ2v) is 6.54. The van der Waals surface area contributed by atoms with Crippen molar-refractivity contribution in [3.63, 3.8) is 0 Å². The van der Waals surface area contributed by atoms with E-state index in [2.05, 4.69) is 0 Å². The Kier molecular flexibility index (Phi) is 3.54. The first-order valence-corrected chi connectivity index (χ1v) is 8.11. The zero-order valence-electron chi connectivity index (χ0n) is 11.8. The van der Waals surface area contributed by atoms with Crippen LogP contribution >= 0.6 is 0 Å². The van der Waals surface area contributed by atoms with E-state index in [1.807, 2.05) is 0 Å². The van der Waals surface area contributed by atoms with Gasteiger partial charge in [0.2, 0.25) is 9.84 Å². The summed E-state index contributed by atoms with van der Waals surface area (Å²) in [5.74, 6) is 0.986. The van der Waals surface area contributed by atoms with Crippen LogP contribution in [0.2, 0.25) is 0 Å². The highest BCUT2D eigenvalue weighted by Crippen LogP contribution is 2.39. The molecule has 0 amide bonds. The zero-order chi connectivity index (χ0) is 15.7. The van der Waals surface area contributed by atoms with Gasteiger partial charge in [0.1, 0.15) is 28.8 Å². The van der Waals surface area contributed by atoms with Gasteiger partial charge < -0.3 is 14.6 Å². The van der Waals surface area contributed by atoms with Crippen LogP contribution in [0.1, 0.15) is 5.56 Å². The summed E-state index contributed by atoms with van der Waals surface area (Å²) in [4.78, 5) is -0.0563. The average Bonchev–Trinajstić information content (AvgIpc) is 2.77. The third kappa shape index (κ3) is 2.53. The minimum absolute atomic E-state index is 0.0563. The van der Waals surface area contributed by atoms with Gasteiger partial charge in [-0.25, -0.2) is 8.42 Å². The van der Waals surface area contributed by atoms with Crippen molar-refractivity contribution in [2.75, 3.05) is 13.7 Å². The Labute approximate surface area is 128 Å². The fourth-order valence-electron chi connectivity index (χ4n) is 2.35. The summed E-state index contributed by atoms with van der Waals surface area (Å²) in [6.07, 6.45) is 0. The molecule has 0 radical (unpaired) electrons.